The van der Waals surface area contributed by atoms with Crippen molar-refractivity contribution in [3.8, 4) is 0 Å². The predicted molar refractivity (Wildman–Crippen MR) is 221 cm³/mol. The van der Waals surface area contributed by atoms with E-state index in [1.54, 1.807) is 193 Å². The Bertz CT molecular complexity index is 845. The van der Waals surface area contributed by atoms with E-state index in [0.717, 1.165) is 5.56 Å². The van der Waals surface area contributed by atoms with Crippen LogP contribution in [0.25, 0.3) is 0 Å². The van der Waals surface area contributed by atoms with Crippen LogP contribution in [0.5, 0.6) is 0 Å². The van der Waals surface area contributed by atoms with Crippen LogP contribution in [-0.4, -0.2) is 38.6 Å². The van der Waals surface area contributed by atoms with E-state index in [1.165, 1.54) is 34.0 Å². The van der Waals surface area contributed by atoms with Crippen LogP contribution in [0.2, 0.25) is 0 Å². The summed E-state index contributed by atoms with van der Waals surface area (Å²) in [6.45, 7) is 0. The van der Waals surface area contributed by atoms with E-state index in [-0.39, 0.29) is 35.3 Å². The van der Waals surface area contributed by atoms with Gasteiger partial charge in [0.05, 0.1) is 34.0 Å². The Labute approximate surface area is 332 Å². The SMILES string of the molecule is C1CCC([PH+](C2CCCCC2)C2CCCCC2)CC1.C1CCC([PH+](C2CCCCC2)C2CCCCC2)CC1.[Cl][Ru]([Cl])=[CH]c1ccccc1.[Ru]. The van der Waals surface area contributed by atoms with Crippen molar-refractivity contribution in [2.45, 2.75) is 227 Å². The molecular weight excluding hydrogens is 851 g/mol. The summed E-state index contributed by atoms with van der Waals surface area (Å²) in [5.41, 5.74) is 8.48. The second-order valence-corrected chi connectivity index (χ2v) is 29.4. The molecule has 284 valence electrons. The van der Waals surface area contributed by atoms with Gasteiger partial charge in [-0.05, 0) is 154 Å². The molecule has 49 heavy (non-hydrogen) atoms. The summed E-state index contributed by atoms with van der Waals surface area (Å²) in [5, 5.41) is 0. The molecule has 6 aliphatic carbocycles. The van der Waals surface area contributed by atoms with Crippen LogP contribution in [0.15, 0.2) is 30.3 Å². The van der Waals surface area contributed by atoms with E-state index < -0.39 is 13.5 Å². The summed E-state index contributed by atoms with van der Waals surface area (Å²) in [6, 6.07) is 9.89. The van der Waals surface area contributed by atoms with Gasteiger partial charge in [0, 0.05) is 35.3 Å². The van der Waals surface area contributed by atoms with Gasteiger partial charge in [-0.25, -0.2) is 0 Å². The van der Waals surface area contributed by atoms with Gasteiger partial charge in [0.2, 0.25) is 0 Å². The van der Waals surface area contributed by atoms with E-state index in [4.69, 9.17) is 19.4 Å². The molecule has 0 N–H and O–H groups in total. The standard InChI is InChI=1S/2C18H33P.C7H6.2ClH.2Ru/c2*1-4-10-16(11-5-1)19(17-12-6-2-7-13-17)18-14-8-3-9-15-18;1-7-5-3-2-4-6-7;;;;/h2*16-18H,1-15H2;1-6H;2*1H;;/q;;;;;;+2. The molecule has 0 spiro atoms. The van der Waals surface area contributed by atoms with Crippen molar-refractivity contribution in [3.63, 3.8) is 0 Å². The van der Waals surface area contributed by atoms with Crippen LogP contribution in [-0.2, 0) is 33.0 Å². The molecule has 0 amide bonds. The molecule has 6 saturated carbocycles. The van der Waals surface area contributed by atoms with Gasteiger partial charge < -0.3 is 0 Å². The van der Waals surface area contributed by atoms with Crippen LogP contribution in [0.3, 0.4) is 0 Å². The molecule has 0 unspecified atom stereocenters. The van der Waals surface area contributed by atoms with Gasteiger partial charge in [0.1, 0.15) is 0 Å². The van der Waals surface area contributed by atoms with Crippen molar-refractivity contribution in [1.29, 1.82) is 0 Å². The Morgan fingerprint density at radius 2 is 0.612 bits per heavy atom. The first kappa shape index (κ1) is 43.5. The summed E-state index contributed by atoms with van der Waals surface area (Å²) in [7, 11) is 11.2. The van der Waals surface area contributed by atoms with E-state index in [2.05, 4.69) is 0 Å². The molecule has 0 radical (unpaired) electrons. The summed E-state index contributed by atoms with van der Waals surface area (Å²) < 4.78 is 1.92. The Kier molecular flexibility index (Phi) is 22.9. The topological polar surface area (TPSA) is 0 Å². The van der Waals surface area contributed by atoms with Crippen molar-refractivity contribution in [2.24, 2.45) is 0 Å². The fourth-order valence-electron chi connectivity index (χ4n) is 11.2. The van der Waals surface area contributed by atoms with Crippen molar-refractivity contribution in [1.82, 2.24) is 0 Å². The van der Waals surface area contributed by atoms with Crippen LogP contribution >= 0.6 is 35.2 Å². The molecule has 0 nitrogen and oxygen atoms in total. The number of hydrogen-bond acceptors (Lipinski definition) is 0. The van der Waals surface area contributed by atoms with Gasteiger partial charge in [0.15, 0.2) is 0 Å². The molecule has 7 rings (SSSR count). The molecule has 0 saturated heterocycles. The van der Waals surface area contributed by atoms with Crippen molar-refractivity contribution < 1.29 is 33.0 Å². The molecule has 0 bridgehead atoms. The first-order valence-electron chi connectivity index (χ1n) is 21.3. The maximum Gasteiger partial charge on any atom is 0 e. The third kappa shape index (κ3) is 15.4. The molecule has 0 aromatic heterocycles. The zero-order chi connectivity index (χ0) is 33.2. The summed E-state index contributed by atoms with van der Waals surface area (Å²) in [5.74, 6) is 0. The van der Waals surface area contributed by atoms with Crippen molar-refractivity contribution in [3.05, 3.63) is 35.9 Å². The van der Waals surface area contributed by atoms with Crippen LogP contribution < -0.4 is 0 Å². The van der Waals surface area contributed by atoms with Crippen molar-refractivity contribution in [2.75, 3.05) is 0 Å². The van der Waals surface area contributed by atoms with Gasteiger partial charge in [-0.3, -0.25) is 0 Å². The van der Waals surface area contributed by atoms with Gasteiger partial charge in [-0.2, -0.15) is 0 Å². The quantitative estimate of drug-likeness (QED) is 0.189. The molecule has 1 aromatic carbocycles. The Balaban J connectivity index is 0.000000172. The molecule has 0 aliphatic heterocycles. The van der Waals surface area contributed by atoms with Crippen LogP contribution in [0.4, 0.5) is 0 Å². The third-order valence-corrected chi connectivity index (χ3v) is 24.4. The fourth-order valence-corrected chi connectivity index (χ4v) is 23.5. The number of halogens is 2. The van der Waals surface area contributed by atoms with E-state index in [1.807, 2.05) is 34.9 Å². The van der Waals surface area contributed by atoms with E-state index in [9.17, 15) is 0 Å². The Morgan fingerprint density at radius 1 is 0.388 bits per heavy atom. The van der Waals surface area contributed by atoms with Gasteiger partial charge in [-0.1, -0.05) is 38.5 Å². The molecule has 1 aromatic rings. The second kappa shape index (κ2) is 25.8. The molecule has 0 heterocycles. The smallest absolute Gasteiger partial charge is 0 e. The number of hydrogen-bond donors (Lipinski definition) is 0. The summed E-state index contributed by atoms with van der Waals surface area (Å²) in [4.78, 5) is 0. The van der Waals surface area contributed by atoms with Gasteiger partial charge in [0.25, 0.3) is 0 Å². The van der Waals surface area contributed by atoms with Gasteiger partial charge >= 0.3 is 73.4 Å². The van der Waals surface area contributed by atoms with Crippen molar-refractivity contribution >= 4 is 39.8 Å². The Hall–Kier alpha value is 1.78. The second-order valence-electron chi connectivity index (χ2n) is 16.7. The molecule has 6 heteroatoms. The first-order chi connectivity index (χ1) is 23.7. The molecule has 0 atom stereocenters. The number of rotatable bonds is 7. The zero-order valence-corrected chi connectivity index (χ0v) is 38.1. The molecule has 6 fully saturated rings. The minimum absolute atomic E-state index is 0. The van der Waals surface area contributed by atoms with Crippen LogP contribution in [0.1, 0.15) is 198 Å². The average molecular weight is 926 g/mol. The van der Waals surface area contributed by atoms with E-state index >= 15 is 0 Å². The van der Waals surface area contributed by atoms with Crippen LogP contribution in [0, 0.1) is 0 Å². The number of benzene rings is 1. The molecular formula is C43H74Cl2P2Ru2+2. The maximum atomic E-state index is 5.67. The minimum atomic E-state index is -1.61. The van der Waals surface area contributed by atoms with Gasteiger partial charge in [-0.15, -0.1) is 0 Å². The maximum absolute atomic E-state index is 5.67. The largest absolute Gasteiger partial charge is 0 e. The molecule has 6 aliphatic rings. The Morgan fingerprint density at radius 3 is 0.816 bits per heavy atom. The zero-order valence-electron chi connectivity index (χ0n) is 31.1. The monoisotopic (exact) mass is 926 g/mol. The fraction of sp³-hybridized carbons (Fsp3) is 0.837. The summed E-state index contributed by atoms with van der Waals surface area (Å²) >= 11 is -1.61. The van der Waals surface area contributed by atoms with E-state index in [0.29, 0.717) is 0 Å². The summed E-state index contributed by atoms with van der Waals surface area (Å²) in [6.07, 6.45) is 47.6. The predicted octanol–water partition coefficient (Wildman–Crippen LogP) is 15.2. The first-order valence-corrected chi connectivity index (χ1v) is 30.2. The average Bonchev–Trinajstić information content (AvgIpc) is 3.15. The minimum Gasteiger partial charge on any atom is 0 e. The normalized spacial score (nSPS) is 24.6. The third-order valence-electron chi connectivity index (χ3n) is 13.5.